The molecule has 0 aromatic rings. The topological polar surface area (TPSA) is 106 Å². The predicted octanol–water partition coefficient (Wildman–Crippen LogP) is -1.23. The summed E-state index contributed by atoms with van der Waals surface area (Å²) >= 11 is 0. The molecule has 1 rings (SSSR count). The molecule has 1 unspecified atom stereocenters. The summed E-state index contributed by atoms with van der Waals surface area (Å²) in [6.45, 7) is 1.98. The quantitative estimate of drug-likeness (QED) is 0.627. The van der Waals surface area contributed by atoms with E-state index in [0.717, 1.165) is 6.42 Å². The van der Waals surface area contributed by atoms with E-state index in [9.17, 15) is 14.4 Å². The van der Waals surface area contributed by atoms with Gasteiger partial charge in [-0.3, -0.25) is 14.4 Å². The smallest absolute Gasteiger partial charge is 0.240 e. The average Bonchev–Trinajstić information content (AvgIpc) is 2.63. The summed E-state index contributed by atoms with van der Waals surface area (Å²) in [7, 11) is 0. The number of ketones is 1. The number of primary amides is 1. The molecule has 2 atom stereocenters. The van der Waals surface area contributed by atoms with E-state index >= 15 is 0 Å². The lowest BCUT2D eigenvalue weighted by Gasteiger charge is -2.25. The lowest BCUT2D eigenvalue weighted by molar-refractivity contribution is -0.139. The molecule has 1 aliphatic heterocycles. The third kappa shape index (κ3) is 2.79. The first kappa shape index (κ1) is 12.6. The normalized spacial score (nSPS) is 21.9. The highest BCUT2D eigenvalue weighted by molar-refractivity contribution is 5.92. The fourth-order valence-corrected chi connectivity index (χ4v) is 1.97. The lowest BCUT2D eigenvalue weighted by atomic mass is 10.1. The number of carbonyl (C=O) groups is 3. The molecule has 1 aliphatic rings. The van der Waals surface area contributed by atoms with Crippen LogP contribution in [0.3, 0.4) is 0 Å². The van der Waals surface area contributed by atoms with E-state index in [1.54, 1.807) is 0 Å². The van der Waals surface area contributed by atoms with Gasteiger partial charge in [-0.2, -0.15) is 0 Å². The van der Waals surface area contributed by atoms with Gasteiger partial charge in [-0.25, -0.2) is 0 Å². The number of nitrogens with two attached hydrogens (primary N) is 2. The molecule has 16 heavy (non-hydrogen) atoms. The van der Waals surface area contributed by atoms with Crippen molar-refractivity contribution in [2.24, 2.45) is 11.5 Å². The zero-order chi connectivity index (χ0) is 12.3. The van der Waals surface area contributed by atoms with Crippen LogP contribution in [0.1, 0.15) is 26.2 Å². The van der Waals surface area contributed by atoms with Gasteiger partial charge in [0, 0.05) is 6.54 Å². The minimum atomic E-state index is -0.933. The predicted molar refractivity (Wildman–Crippen MR) is 57.2 cm³/mol. The van der Waals surface area contributed by atoms with Crippen molar-refractivity contribution in [3.05, 3.63) is 0 Å². The molecule has 0 aromatic carbocycles. The molecule has 0 bridgehead atoms. The van der Waals surface area contributed by atoms with E-state index in [2.05, 4.69) is 0 Å². The second kappa shape index (κ2) is 5.07. The Kier molecular flexibility index (Phi) is 4.00. The molecule has 0 spiro atoms. The van der Waals surface area contributed by atoms with Crippen LogP contribution in [-0.2, 0) is 14.4 Å². The zero-order valence-electron chi connectivity index (χ0n) is 9.31. The van der Waals surface area contributed by atoms with Crippen LogP contribution < -0.4 is 11.5 Å². The van der Waals surface area contributed by atoms with Gasteiger partial charge in [0.2, 0.25) is 11.8 Å². The Labute approximate surface area is 93.9 Å². The second-order valence-electron chi connectivity index (χ2n) is 4.08. The van der Waals surface area contributed by atoms with Crippen molar-refractivity contribution in [1.82, 2.24) is 4.90 Å². The maximum atomic E-state index is 11.8. The van der Waals surface area contributed by atoms with Crippen molar-refractivity contribution < 1.29 is 14.4 Å². The summed E-state index contributed by atoms with van der Waals surface area (Å²) in [4.78, 5) is 35.2. The number of likely N-dealkylation sites (tertiary alicyclic amines) is 1. The minimum absolute atomic E-state index is 0.0443. The fourth-order valence-electron chi connectivity index (χ4n) is 1.97. The highest BCUT2D eigenvalue weighted by Gasteiger charge is 2.34. The van der Waals surface area contributed by atoms with Crippen LogP contribution in [0.4, 0.5) is 0 Å². The molecule has 1 heterocycles. The Morgan fingerprint density at radius 2 is 2.06 bits per heavy atom. The summed E-state index contributed by atoms with van der Waals surface area (Å²) in [6, 6.07) is -1.32. The van der Waals surface area contributed by atoms with Crippen LogP contribution in [0.25, 0.3) is 0 Å². The Morgan fingerprint density at radius 3 is 2.56 bits per heavy atom. The van der Waals surface area contributed by atoms with E-state index in [-0.39, 0.29) is 24.2 Å². The molecule has 6 nitrogen and oxygen atoms in total. The molecule has 0 radical (unpaired) electrons. The van der Waals surface area contributed by atoms with Gasteiger partial charge in [-0.1, -0.05) is 0 Å². The molecule has 0 aromatic heterocycles. The first-order chi connectivity index (χ1) is 7.43. The number of Topliss-reactive ketones (excluding diaryl/α,β-unsaturated/α-hetero) is 1. The molecule has 0 saturated carbocycles. The number of amides is 2. The average molecular weight is 227 g/mol. The third-order valence-corrected chi connectivity index (χ3v) is 2.74. The molecule has 90 valence electrons. The number of hydrogen-bond donors (Lipinski definition) is 2. The highest BCUT2D eigenvalue weighted by Crippen LogP contribution is 2.19. The van der Waals surface area contributed by atoms with Crippen molar-refractivity contribution in [2.45, 2.75) is 38.3 Å². The molecule has 6 heteroatoms. The summed E-state index contributed by atoms with van der Waals surface area (Å²) in [5.41, 5.74) is 10.5. The SMILES string of the molecule is CC(=O)[C@H]1CCCN1C(=O)C(N)CC(N)=O. The Morgan fingerprint density at radius 1 is 1.44 bits per heavy atom. The standard InChI is InChI=1S/C10H17N3O3/c1-6(14)8-3-2-4-13(8)10(16)7(11)5-9(12)15/h7-8H,2-5,11H2,1H3,(H2,12,15)/t7?,8-/m1/s1. The first-order valence-electron chi connectivity index (χ1n) is 5.28. The monoisotopic (exact) mass is 227 g/mol. The summed E-state index contributed by atoms with van der Waals surface area (Å²) in [5, 5.41) is 0. The van der Waals surface area contributed by atoms with E-state index < -0.39 is 11.9 Å². The van der Waals surface area contributed by atoms with E-state index in [1.807, 2.05) is 0 Å². The van der Waals surface area contributed by atoms with Gasteiger partial charge in [-0.05, 0) is 19.8 Å². The summed E-state index contributed by atoms with van der Waals surface area (Å²) in [5.74, 6) is -1.02. The first-order valence-corrected chi connectivity index (χ1v) is 5.28. The highest BCUT2D eigenvalue weighted by atomic mass is 16.2. The molecule has 2 amide bonds. The van der Waals surface area contributed by atoms with Gasteiger partial charge in [0.25, 0.3) is 0 Å². The van der Waals surface area contributed by atoms with Gasteiger partial charge in [0.15, 0.2) is 5.78 Å². The van der Waals surface area contributed by atoms with Crippen molar-refractivity contribution in [3.63, 3.8) is 0 Å². The molecule has 1 fully saturated rings. The van der Waals surface area contributed by atoms with Crippen LogP contribution >= 0.6 is 0 Å². The van der Waals surface area contributed by atoms with Gasteiger partial charge >= 0.3 is 0 Å². The van der Waals surface area contributed by atoms with Gasteiger partial charge < -0.3 is 16.4 Å². The van der Waals surface area contributed by atoms with Crippen molar-refractivity contribution in [3.8, 4) is 0 Å². The Hall–Kier alpha value is -1.43. The molecule has 4 N–H and O–H groups in total. The van der Waals surface area contributed by atoms with Crippen molar-refractivity contribution >= 4 is 17.6 Å². The number of rotatable bonds is 4. The van der Waals surface area contributed by atoms with Crippen LogP contribution in [0, 0.1) is 0 Å². The van der Waals surface area contributed by atoms with Crippen molar-refractivity contribution in [2.75, 3.05) is 6.54 Å². The fraction of sp³-hybridized carbons (Fsp3) is 0.700. The molecular formula is C10H17N3O3. The second-order valence-corrected chi connectivity index (χ2v) is 4.08. The van der Waals surface area contributed by atoms with E-state index in [4.69, 9.17) is 11.5 Å². The zero-order valence-corrected chi connectivity index (χ0v) is 9.31. The van der Waals surface area contributed by atoms with Gasteiger partial charge in [0.05, 0.1) is 18.5 Å². The van der Waals surface area contributed by atoms with Crippen LogP contribution in [0.5, 0.6) is 0 Å². The Bertz CT molecular complexity index is 316. The van der Waals surface area contributed by atoms with Crippen LogP contribution in [0.15, 0.2) is 0 Å². The van der Waals surface area contributed by atoms with Crippen LogP contribution in [-0.4, -0.2) is 41.1 Å². The van der Waals surface area contributed by atoms with E-state index in [1.165, 1.54) is 11.8 Å². The Balaban J connectivity index is 2.65. The van der Waals surface area contributed by atoms with Gasteiger partial charge in [0.1, 0.15) is 0 Å². The number of nitrogens with zero attached hydrogens (tertiary/aromatic N) is 1. The van der Waals surface area contributed by atoms with Crippen molar-refractivity contribution in [1.29, 1.82) is 0 Å². The summed E-state index contributed by atoms with van der Waals surface area (Å²) in [6.07, 6.45) is 1.28. The lowest BCUT2D eigenvalue weighted by Crippen LogP contribution is -2.49. The molecule has 0 aliphatic carbocycles. The maximum Gasteiger partial charge on any atom is 0.240 e. The van der Waals surface area contributed by atoms with Gasteiger partial charge in [-0.15, -0.1) is 0 Å². The number of hydrogen-bond acceptors (Lipinski definition) is 4. The molecule has 1 saturated heterocycles. The third-order valence-electron chi connectivity index (χ3n) is 2.74. The maximum absolute atomic E-state index is 11.8. The largest absolute Gasteiger partial charge is 0.370 e. The minimum Gasteiger partial charge on any atom is -0.370 e. The number of carbonyl (C=O) groups excluding carboxylic acids is 3. The molecular weight excluding hydrogens is 210 g/mol. The summed E-state index contributed by atoms with van der Waals surface area (Å²) < 4.78 is 0. The van der Waals surface area contributed by atoms with Crippen LogP contribution in [0.2, 0.25) is 0 Å². The van der Waals surface area contributed by atoms with E-state index in [0.29, 0.717) is 13.0 Å².